The van der Waals surface area contributed by atoms with Crippen LogP contribution < -0.4 is 4.90 Å². The molecule has 0 atom stereocenters. The Hall–Kier alpha value is -3.20. The van der Waals surface area contributed by atoms with Gasteiger partial charge in [-0.2, -0.15) is 18.4 Å². The van der Waals surface area contributed by atoms with Crippen molar-refractivity contribution in [2.75, 3.05) is 24.5 Å². The Balaban J connectivity index is 1.32. The molecule has 1 fully saturated rings. The lowest BCUT2D eigenvalue weighted by Crippen LogP contribution is -2.45. The molecule has 2 aliphatic heterocycles. The number of piperidine rings is 1. The lowest BCUT2D eigenvalue weighted by molar-refractivity contribution is -0.148. The molecule has 1 amide bonds. The summed E-state index contributed by atoms with van der Waals surface area (Å²) in [5, 5.41) is 17.7. The average molecular weight is 548 g/mol. The van der Waals surface area contributed by atoms with Crippen molar-refractivity contribution in [1.29, 1.82) is 5.26 Å². The molecule has 3 aromatic rings. The highest BCUT2D eigenvalue weighted by Crippen LogP contribution is 2.36. The number of benzene rings is 1. The highest BCUT2D eigenvalue weighted by atomic mass is 79.9. The number of aromatic nitrogens is 4. The van der Waals surface area contributed by atoms with Crippen LogP contribution in [0.25, 0.3) is 10.9 Å². The standard InChI is InChI=1S/C23H21BrF3N7O/c1-13-17(11-28)20(16-10-15(24)2-3-18(16)29-13)32-6-4-14(5-7-32)21(35)33-8-9-34-19(12-33)30-31-22(34)23(25,26)27/h2-3,10,14H,4-9,12H2,1H3. The number of pyridine rings is 1. The third-order valence-corrected chi connectivity index (χ3v) is 7.18. The molecule has 1 aromatic carbocycles. The number of hydrogen-bond donors (Lipinski definition) is 0. The van der Waals surface area contributed by atoms with Gasteiger partial charge in [-0.05, 0) is 38.0 Å². The van der Waals surface area contributed by atoms with Crippen molar-refractivity contribution in [1.82, 2.24) is 24.6 Å². The first-order valence-corrected chi connectivity index (χ1v) is 12.0. The molecular weight excluding hydrogens is 527 g/mol. The Morgan fingerprint density at radius 3 is 2.60 bits per heavy atom. The van der Waals surface area contributed by atoms with Crippen molar-refractivity contribution in [3.63, 3.8) is 0 Å². The van der Waals surface area contributed by atoms with Crippen LogP contribution in [0.2, 0.25) is 0 Å². The first-order valence-electron chi connectivity index (χ1n) is 11.2. The van der Waals surface area contributed by atoms with Crippen molar-refractivity contribution >= 4 is 38.4 Å². The Bertz CT molecular complexity index is 1360. The molecule has 2 aromatic heterocycles. The van der Waals surface area contributed by atoms with E-state index in [1.54, 1.807) is 4.90 Å². The molecule has 1 saturated heterocycles. The van der Waals surface area contributed by atoms with E-state index in [9.17, 15) is 23.2 Å². The Kier molecular flexibility index (Phi) is 5.91. The van der Waals surface area contributed by atoms with Gasteiger partial charge in [-0.1, -0.05) is 15.9 Å². The molecule has 0 unspecified atom stereocenters. The van der Waals surface area contributed by atoms with Gasteiger partial charge >= 0.3 is 6.18 Å². The maximum Gasteiger partial charge on any atom is 0.451 e. The summed E-state index contributed by atoms with van der Waals surface area (Å²) >= 11 is 3.50. The minimum Gasteiger partial charge on any atom is -0.370 e. The summed E-state index contributed by atoms with van der Waals surface area (Å²) in [6.45, 7) is 3.21. The van der Waals surface area contributed by atoms with Crippen LogP contribution in [0.15, 0.2) is 22.7 Å². The minimum absolute atomic E-state index is 0.0168. The predicted molar refractivity (Wildman–Crippen MR) is 124 cm³/mol. The van der Waals surface area contributed by atoms with E-state index in [0.29, 0.717) is 37.2 Å². The van der Waals surface area contributed by atoms with Gasteiger partial charge < -0.3 is 14.4 Å². The predicted octanol–water partition coefficient (Wildman–Crippen LogP) is 4.05. The van der Waals surface area contributed by atoms with E-state index in [0.717, 1.165) is 25.6 Å². The quantitative estimate of drug-likeness (QED) is 0.480. The summed E-state index contributed by atoms with van der Waals surface area (Å²) in [6.07, 6.45) is -3.41. The van der Waals surface area contributed by atoms with E-state index >= 15 is 0 Å². The van der Waals surface area contributed by atoms with Crippen molar-refractivity contribution in [2.24, 2.45) is 5.92 Å². The largest absolute Gasteiger partial charge is 0.451 e. The van der Waals surface area contributed by atoms with Crippen LogP contribution in [0.3, 0.4) is 0 Å². The van der Waals surface area contributed by atoms with Gasteiger partial charge in [-0.3, -0.25) is 9.78 Å². The lowest BCUT2D eigenvalue weighted by Gasteiger charge is -2.37. The summed E-state index contributed by atoms with van der Waals surface area (Å²) in [4.78, 5) is 21.5. The number of rotatable bonds is 2. The number of anilines is 1. The molecule has 0 spiro atoms. The molecule has 0 saturated carbocycles. The van der Waals surface area contributed by atoms with E-state index in [1.165, 1.54) is 0 Å². The van der Waals surface area contributed by atoms with Crippen LogP contribution in [-0.2, 0) is 24.1 Å². The number of amides is 1. The fraction of sp³-hybridized carbons (Fsp3) is 0.435. The monoisotopic (exact) mass is 547 g/mol. The van der Waals surface area contributed by atoms with Crippen molar-refractivity contribution in [3.8, 4) is 6.07 Å². The number of carbonyl (C=O) groups excluding carboxylic acids is 1. The molecule has 0 bridgehead atoms. The number of nitrogens with zero attached hydrogens (tertiary/aromatic N) is 7. The third-order valence-electron chi connectivity index (χ3n) is 6.69. The van der Waals surface area contributed by atoms with Crippen LogP contribution in [0, 0.1) is 24.2 Å². The molecule has 0 N–H and O–H groups in total. The molecule has 0 radical (unpaired) electrons. The number of nitriles is 1. The van der Waals surface area contributed by atoms with Gasteiger partial charge in [0.2, 0.25) is 11.7 Å². The van der Waals surface area contributed by atoms with Gasteiger partial charge in [0.15, 0.2) is 5.82 Å². The van der Waals surface area contributed by atoms with Crippen molar-refractivity contribution < 1.29 is 18.0 Å². The second-order valence-electron chi connectivity index (χ2n) is 8.80. The summed E-state index contributed by atoms with van der Waals surface area (Å²) in [7, 11) is 0. The van der Waals surface area contributed by atoms with E-state index in [2.05, 4.69) is 42.1 Å². The summed E-state index contributed by atoms with van der Waals surface area (Å²) in [5.74, 6) is -1.19. The van der Waals surface area contributed by atoms with E-state index in [4.69, 9.17) is 0 Å². The molecule has 2 aliphatic rings. The highest BCUT2D eigenvalue weighted by Gasteiger charge is 2.40. The molecule has 35 heavy (non-hydrogen) atoms. The lowest BCUT2D eigenvalue weighted by atomic mass is 9.93. The van der Waals surface area contributed by atoms with Gasteiger partial charge in [-0.25, -0.2) is 0 Å². The normalized spacial score (nSPS) is 16.9. The van der Waals surface area contributed by atoms with Gasteiger partial charge in [0.05, 0.1) is 29.0 Å². The number of aryl methyl sites for hydroxylation is 1. The molecule has 12 heteroatoms. The first-order chi connectivity index (χ1) is 16.7. The average Bonchev–Trinajstić information content (AvgIpc) is 3.27. The van der Waals surface area contributed by atoms with Gasteiger partial charge in [0.25, 0.3) is 0 Å². The molecule has 5 rings (SSSR count). The van der Waals surface area contributed by atoms with Crippen LogP contribution in [0.1, 0.15) is 35.7 Å². The fourth-order valence-electron chi connectivity index (χ4n) is 4.96. The second kappa shape index (κ2) is 8.78. The van der Waals surface area contributed by atoms with Crippen LogP contribution in [0.4, 0.5) is 18.9 Å². The van der Waals surface area contributed by atoms with E-state index < -0.39 is 12.0 Å². The number of halogens is 4. The van der Waals surface area contributed by atoms with Crippen molar-refractivity contribution in [2.45, 2.75) is 39.0 Å². The fourth-order valence-corrected chi connectivity index (χ4v) is 5.33. The maximum atomic E-state index is 13.2. The molecule has 182 valence electrons. The van der Waals surface area contributed by atoms with Crippen molar-refractivity contribution in [3.05, 3.63) is 45.6 Å². The van der Waals surface area contributed by atoms with Gasteiger partial charge in [-0.15, -0.1) is 10.2 Å². The second-order valence-corrected chi connectivity index (χ2v) is 9.72. The Morgan fingerprint density at radius 1 is 1.17 bits per heavy atom. The first kappa shape index (κ1) is 23.5. The SMILES string of the molecule is Cc1nc2ccc(Br)cc2c(N2CCC(C(=O)N3CCn4c(nnc4C(F)(F)F)C3)CC2)c1C#N. The topological polar surface area (TPSA) is 90.9 Å². The van der Waals surface area contributed by atoms with Crippen LogP contribution in [-0.4, -0.2) is 50.2 Å². The van der Waals surface area contributed by atoms with Gasteiger partial charge in [0, 0.05) is 42.0 Å². The Morgan fingerprint density at radius 2 is 1.91 bits per heavy atom. The zero-order valence-corrected chi connectivity index (χ0v) is 20.4. The minimum atomic E-state index is -4.57. The third kappa shape index (κ3) is 4.22. The zero-order chi connectivity index (χ0) is 24.9. The maximum absolute atomic E-state index is 13.2. The molecule has 0 aliphatic carbocycles. The van der Waals surface area contributed by atoms with Crippen LogP contribution >= 0.6 is 15.9 Å². The number of hydrogen-bond acceptors (Lipinski definition) is 6. The van der Waals surface area contributed by atoms with E-state index in [-0.39, 0.29) is 37.3 Å². The molecule has 8 nitrogen and oxygen atoms in total. The van der Waals surface area contributed by atoms with Crippen LogP contribution in [0.5, 0.6) is 0 Å². The number of alkyl halides is 3. The van der Waals surface area contributed by atoms with Gasteiger partial charge in [0.1, 0.15) is 6.07 Å². The number of carbonyl (C=O) groups is 1. The smallest absolute Gasteiger partial charge is 0.370 e. The molecular formula is C23H21BrF3N7O. The summed E-state index contributed by atoms with van der Waals surface area (Å²) in [5.41, 5.74) is 2.81. The summed E-state index contributed by atoms with van der Waals surface area (Å²) in [6, 6.07) is 8.06. The highest BCUT2D eigenvalue weighted by molar-refractivity contribution is 9.10. The summed E-state index contributed by atoms with van der Waals surface area (Å²) < 4.78 is 41.2. The zero-order valence-electron chi connectivity index (χ0n) is 18.8. The number of fused-ring (bicyclic) bond motifs is 2. The Labute approximate surface area is 207 Å². The molecule has 4 heterocycles. The van der Waals surface area contributed by atoms with E-state index in [1.807, 2.05) is 25.1 Å².